The quantitative estimate of drug-likeness (QED) is 0.152. The third-order valence-electron chi connectivity index (χ3n) is 8.13. The molecule has 0 saturated carbocycles. The number of ketones is 1. The van der Waals surface area contributed by atoms with Crippen molar-refractivity contribution in [3.8, 4) is 22.5 Å². The van der Waals surface area contributed by atoms with Gasteiger partial charge in [-0.3, -0.25) is 14.6 Å². The Morgan fingerprint density at radius 1 is 0.886 bits per heavy atom. The monoisotopic (exact) mass is 607 g/mol. The molecule has 4 aromatic rings. The van der Waals surface area contributed by atoms with E-state index >= 15 is 0 Å². The molecular formula is C37H41N3O3S. The smallest absolute Gasteiger partial charge is 0.310 e. The summed E-state index contributed by atoms with van der Waals surface area (Å²) < 4.78 is 0. The lowest BCUT2D eigenvalue weighted by Gasteiger charge is -2.29. The van der Waals surface area contributed by atoms with Crippen molar-refractivity contribution in [2.75, 3.05) is 0 Å². The predicted molar refractivity (Wildman–Crippen MR) is 179 cm³/mol. The summed E-state index contributed by atoms with van der Waals surface area (Å²) in [6, 6.07) is 19.5. The number of aromatic nitrogens is 2. The van der Waals surface area contributed by atoms with Gasteiger partial charge in [0.2, 0.25) is 0 Å². The van der Waals surface area contributed by atoms with E-state index in [0.717, 1.165) is 41.8 Å². The van der Waals surface area contributed by atoms with Gasteiger partial charge in [-0.25, -0.2) is 4.98 Å². The molecule has 5 rings (SSSR count). The van der Waals surface area contributed by atoms with Crippen molar-refractivity contribution in [2.45, 2.75) is 65.3 Å². The van der Waals surface area contributed by atoms with Crippen LogP contribution in [0.15, 0.2) is 83.3 Å². The van der Waals surface area contributed by atoms with Gasteiger partial charge in [-0.15, -0.1) is 11.3 Å². The summed E-state index contributed by atoms with van der Waals surface area (Å²) >= 11 is 1.42. The van der Waals surface area contributed by atoms with E-state index in [9.17, 15) is 14.7 Å². The second kappa shape index (κ2) is 13.7. The number of nitrogens with zero attached hydrogens (tertiary/aromatic N) is 2. The molecule has 1 aliphatic heterocycles. The van der Waals surface area contributed by atoms with E-state index in [-0.39, 0.29) is 24.5 Å². The van der Waals surface area contributed by atoms with Crippen molar-refractivity contribution in [3.05, 3.63) is 100 Å². The summed E-state index contributed by atoms with van der Waals surface area (Å²) in [5.74, 6) is -1.45. The SMILES string of the molecule is CC(C)CC(=O)C1(C(Cc2nc(-c3ccc(-c4cc(CCc5ccc(CC(C)C)cc5)c[nH]4)cc3)cs2)C(=O)O)C=CC=N1. The molecule has 7 heteroatoms. The van der Waals surface area contributed by atoms with Gasteiger partial charge < -0.3 is 10.1 Å². The largest absolute Gasteiger partial charge is 0.481 e. The highest BCUT2D eigenvalue weighted by atomic mass is 32.1. The Morgan fingerprint density at radius 3 is 2.20 bits per heavy atom. The van der Waals surface area contributed by atoms with Gasteiger partial charge in [0.05, 0.1) is 16.6 Å². The van der Waals surface area contributed by atoms with Crippen molar-refractivity contribution in [1.82, 2.24) is 9.97 Å². The fraction of sp³-hybridized carbons (Fsp3) is 0.351. The molecule has 1 aliphatic rings. The van der Waals surface area contributed by atoms with Crippen LogP contribution in [0.5, 0.6) is 0 Å². The predicted octanol–water partition coefficient (Wildman–Crippen LogP) is 8.03. The highest BCUT2D eigenvalue weighted by Crippen LogP contribution is 2.35. The van der Waals surface area contributed by atoms with E-state index in [4.69, 9.17) is 4.98 Å². The number of aliphatic imine (C=N–C) groups is 1. The topological polar surface area (TPSA) is 95.4 Å². The number of nitrogens with one attached hydrogen (secondary N) is 1. The Morgan fingerprint density at radius 2 is 1.57 bits per heavy atom. The van der Waals surface area contributed by atoms with Crippen LogP contribution in [0.4, 0.5) is 0 Å². The first-order valence-corrected chi connectivity index (χ1v) is 16.3. The van der Waals surface area contributed by atoms with E-state index in [1.807, 2.05) is 31.4 Å². The molecule has 6 nitrogen and oxygen atoms in total. The second-order valence-electron chi connectivity index (χ2n) is 12.6. The first-order valence-electron chi connectivity index (χ1n) is 15.4. The first kappa shape index (κ1) is 31.3. The number of aryl methyl sites for hydroxylation is 2. The molecule has 2 aromatic heterocycles. The normalized spacial score (nSPS) is 16.7. The fourth-order valence-corrected chi connectivity index (χ4v) is 6.67. The van der Waals surface area contributed by atoms with E-state index in [0.29, 0.717) is 10.9 Å². The van der Waals surface area contributed by atoms with Gasteiger partial charge in [-0.2, -0.15) is 0 Å². The van der Waals surface area contributed by atoms with Crippen molar-refractivity contribution in [1.29, 1.82) is 0 Å². The molecule has 0 amide bonds. The highest BCUT2D eigenvalue weighted by Gasteiger charge is 2.48. The number of hydrogen-bond acceptors (Lipinski definition) is 5. The molecule has 2 unspecified atom stereocenters. The lowest BCUT2D eigenvalue weighted by atomic mass is 9.77. The number of hydrogen-bond donors (Lipinski definition) is 2. The molecule has 44 heavy (non-hydrogen) atoms. The van der Waals surface area contributed by atoms with Crippen LogP contribution in [0.2, 0.25) is 0 Å². The molecule has 0 fully saturated rings. The summed E-state index contributed by atoms with van der Waals surface area (Å²) in [5.41, 5.74) is 6.56. The van der Waals surface area contributed by atoms with Crippen molar-refractivity contribution < 1.29 is 14.7 Å². The van der Waals surface area contributed by atoms with Gasteiger partial charge in [-0.05, 0) is 71.6 Å². The molecule has 2 aromatic carbocycles. The zero-order valence-corrected chi connectivity index (χ0v) is 26.7. The van der Waals surface area contributed by atoms with Gasteiger partial charge in [-0.1, -0.05) is 76.2 Å². The van der Waals surface area contributed by atoms with Crippen molar-refractivity contribution in [2.24, 2.45) is 22.7 Å². The molecule has 0 radical (unpaired) electrons. The molecule has 3 heterocycles. The van der Waals surface area contributed by atoms with E-state index in [1.54, 1.807) is 12.2 Å². The summed E-state index contributed by atoms with van der Waals surface area (Å²) in [6.07, 6.45) is 10.4. The van der Waals surface area contributed by atoms with Crippen molar-refractivity contribution >= 4 is 29.3 Å². The molecule has 0 saturated heterocycles. The minimum Gasteiger partial charge on any atom is -0.481 e. The zero-order chi connectivity index (χ0) is 31.3. The number of allylic oxidation sites excluding steroid dienone is 1. The number of carbonyl (C=O) groups is 2. The first-order chi connectivity index (χ1) is 21.1. The Labute approximate surface area is 264 Å². The van der Waals surface area contributed by atoms with Gasteiger partial charge in [0.25, 0.3) is 0 Å². The Bertz CT molecular complexity index is 1630. The van der Waals surface area contributed by atoms with Crippen LogP contribution in [0.3, 0.4) is 0 Å². The second-order valence-corrected chi connectivity index (χ2v) is 13.6. The van der Waals surface area contributed by atoms with E-state index in [2.05, 4.69) is 72.5 Å². The average Bonchev–Trinajstić information content (AvgIpc) is 3.77. The maximum atomic E-state index is 13.2. The van der Waals surface area contributed by atoms with Crippen molar-refractivity contribution in [3.63, 3.8) is 0 Å². The number of thiazole rings is 1. The summed E-state index contributed by atoms with van der Waals surface area (Å²) in [4.78, 5) is 38.2. The summed E-state index contributed by atoms with van der Waals surface area (Å²) in [5, 5.41) is 12.8. The third-order valence-corrected chi connectivity index (χ3v) is 9.00. The molecular weight excluding hydrogens is 566 g/mol. The third kappa shape index (κ3) is 7.33. The van der Waals surface area contributed by atoms with Gasteiger partial charge in [0.15, 0.2) is 11.3 Å². The number of Topliss-reactive ketones (excluding diaryl/α,β-unsaturated/α-hetero) is 1. The van der Waals surface area contributed by atoms with Crippen LogP contribution in [0.1, 0.15) is 55.8 Å². The number of carboxylic acids is 1. The molecule has 228 valence electrons. The maximum absolute atomic E-state index is 13.2. The van der Waals surface area contributed by atoms with Gasteiger partial charge in [0.1, 0.15) is 0 Å². The Kier molecular flexibility index (Phi) is 9.74. The van der Waals surface area contributed by atoms with E-state index < -0.39 is 17.4 Å². The number of benzene rings is 2. The lowest BCUT2D eigenvalue weighted by molar-refractivity contribution is -0.146. The lowest BCUT2D eigenvalue weighted by Crippen LogP contribution is -2.46. The Balaban J connectivity index is 1.23. The molecule has 0 aliphatic carbocycles. The van der Waals surface area contributed by atoms with Crippen LogP contribution in [-0.4, -0.2) is 38.6 Å². The Hall–Kier alpha value is -4.10. The number of aliphatic carboxylic acids is 1. The van der Waals surface area contributed by atoms with Crippen LogP contribution in [0, 0.1) is 17.8 Å². The minimum atomic E-state index is -1.38. The molecule has 0 bridgehead atoms. The van der Waals surface area contributed by atoms with Crippen LogP contribution in [0.25, 0.3) is 22.5 Å². The summed E-state index contributed by atoms with van der Waals surface area (Å²) in [7, 11) is 0. The van der Waals surface area contributed by atoms with Crippen LogP contribution >= 0.6 is 11.3 Å². The average molecular weight is 608 g/mol. The number of carboxylic acid groups (broad SMARTS) is 1. The van der Waals surface area contributed by atoms with E-state index in [1.165, 1.54) is 34.2 Å². The number of carbonyl (C=O) groups excluding carboxylic acids is 1. The van der Waals surface area contributed by atoms with Gasteiger partial charge in [0, 0.05) is 41.9 Å². The number of aromatic amines is 1. The number of rotatable bonds is 14. The minimum absolute atomic E-state index is 0.113. The van der Waals surface area contributed by atoms with Crippen LogP contribution < -0.4 is 0 Å². The highest BCUT2D eigenvalue weighted by molar-refractivity contribution is 7.10. The number of H-pyrrole nitrogens is 1. The fourth-order valence-electron chi connectivity index (χ4n) is 5.81. The zero-order valence-electron chi connectivity index (χ0n) is 25.9. The standard InChI is InChI=1S/C37H41N3O3S/c1-24(2)18-27-9-6-26(7-10-27)8-11-28-20-32(38-22-28)29-12-14-30(15-13-29)33-23-44-35(40-33)21-31(36(42)43)37(16-5-17-39-37)34(41)19-25(3)4/h5-7,9-10,12-17,20,22-25,31,38H,8,11,18-19,21H2,1-4H3,(H,42,43). The maximum Gasteiger partial charge on any atom is 0.310 e. The van der Waals surface area contributed by atoms with Crippen LogP contribution in [-0.2, 0) is 35.3 Å². The molecule has 0 spiro atoms. The van der Waals surface area contributed by atoms with Gasteiger partial charge >= 0.3 is 5.97 Å². The molecule has 2 atom stereocenters. The summed E-state index contributed by atoms with van der Waals surface area (Å²) in [6.45, 7) is 8.40. The molecule has 2 N–H and O–H groups in total.